The van der Waals surface area contributed by atoms with Crippen molar-refractivity contribution >= 4 is 132 Å². The van der Waals surface area contributed by atoms with Crippen molar-refractivity contribution in [1.29, 1.82) is 0 Å². The Morgan fingerprint density at radius 1 is 0.363 bits per heavy atom. The van der Waals surface area contributed by atoms with Gasteiger partial charge in [0.1, 0.15) is 44.2 Å². The molecule has 4 saturated heterocycles. The van der Waals surface area contributed by atoms with E-state index in [0.29, 0.717) is 23.1 Å². The van der Waals surface area contributed by atoms with E-state index in [-0.39, 0.29) is 119 Å². The van der Waals surface area contributed by atoms with E-state index >= 15 is 0 Å². The van der Waals surface area contributed by atoms with Crippen LogP contribution in [0.25, 0.3) is 45.0 Å². The van der Waals surface area contributed by atoms with E-state index in [1.807, 2.05) is 120 Å². The van der Waals surface area contributed by atoms with Crippen LogP contribution in [0.1, 0.15) is 274 Å². The van der Waals surface area contributed by atoms with Crippen LogP contribution >= 0.6 is 84.5 Å². The van der Waals surface area contributed by atoms with Crippen LogP contribution in [0.4, 0.5) is 0 Å². The van der Waals surface area contributed by atoms with Crippen LogP contribution < -0.4 is 42.5 Å². The van der Waals surface area contributed by atoms with Crippen molar-refractivity contribution in [1.82, 2.24) is 82.1 Å². The van der Waals surface area contributed by atoms with Crippen molar-refractivity contribution in [2.45, 2.75) is 308 Å². The highest BCUT2D eigenvalue weighted by Gasteiger charge is 2.46. The molecular weight excluding hydrogens is 1880 g/mol. The van der Waals surface area contributed by atoms with Crippen LogP contribution in [0.15, 0.2) is 105 Å². The van der Waals surface area contributed by atoms with Gasteiger partial charge >= 0.3 is 0 Å². The maximum Gasteiger partial charge on any atom is 0.246 e. The molecule has 8 N–H and O–H groups in total. The summed E-state index contributed by atoms with van der Waals surface area (Å²) in [6.45, 7) is 18.6. The third-order valence-corrected chi connectivity index (χ3v) is 34.1. The van der Waals surface area contributed by atoms with Crippen molar-refractivity contribution in [2.24, 2.45) is 23.7 Å². The number of hydrogen-bond donors (Lipinski definition) is 8. The van der Waals surface area contributed by atoms with E-state index < -0.39 is 24.2 Å². The maximum atomic E-state index is 14.0. The van der Waals surface area contributed by atoms with Crippen molar-refractivity contribution < 1.29 is 38.4 Å². The third-order valence-electron chi connectivity index (χ3n) is 29.3. The number of hydrogen-bond acceptors (Lipinski definition) is 20. The molecule has 0 bridgehead atoms. The minimum Gasteiger partial charge on any atom is -0.343 e. The lowest BCUT2D eigenvalue weighted by Crippen LogP contribution is -2.55. The Balaban J connectivity index is 0.000000152. The Hall–Kier alpha value is -7.94. The van der Waals surface area contributed by atoms with Gasteiger partial charge in [0.15, 0.2) is 0 Å². The second-order valence-electron chi connectivity index (χ2n) is 38.3. The van der Waals surface area contributed by atoms with E-state index in [9.17, 15) is 38.4 Å². The van der Waals surface area contributed by atoms with Gasteiger partial charge in [-0.3, -0.25) is 38.4 Å². The number of likely N-dealkylation sites (tertiary alicyclic amines) is 4. The molecular formula is C104H141BrCl2N16O8S4. The van der Waals surface area contributed by atoms with Gasteiger partial charge in [-0.25, -0.2) is 19.9 Å². The summed E-state index contributed by atoms with van der Waals surface area (Å²) in [5.41, 5.74) is 12.7. The van der Waals surface area contributed by atoms with E-state index in [1.54, 1.807) is 73.5 Å². The molecule has 0 spiro atoms. The molecule has 4 aromatic carbocycles. The normalized spacial score (nSPS) is 20.9. The molecule has 24 nitrogen and oxygen atoms in total. The fourth-order valence-electron chi connectivity index (χ4n) is 20.6. The van der Waals surface area contributed by atoms with Crippen LogP contribution in [0, 0.1) is 51.4 Å². The van der Waals surface area contributed by atoms with Gasteiger partial charge in [0.05, 0.1) is 76.1 Å². The minimum atomic E-state index is -0.477. The molecule has 8 aromatic rings. The molecule has 730 valence electrons. The zero-order valence-corrected chi connectivity index (χ0v) is 87.2. The smallest absolute Gasteiger partial charge is 0.246 e. The van der Waals surface area contributed by atoms with Gasteiger partial charge in [0.25, 0.3) is 0 Å². The number of aryl methyl sites for hydroxylation is 3. The van der Waals surface area contributed by atoms with Crippen molar-refractivity contribution in [3.8, 4) is 45.0 Å². The van der Waals surface area contributed by atoms with Crippen molar-refractivity contribution in [3.05, 3.63) is 157 Å². The summed E-state index contributed by atoms with van der Waals surface area (Å²) in [5.74, 6) is 0.545. The number of nitrogens with zero attached hydrogens (tertiary/aromatic N) is 8. The van der Waals surface area contributed by atoms with Gasteiger partial charge in [0, 0.05) is 79.4 Å². The zero-order valence-electron chi connectivity index (χ0n) is 80.8. The number of carbonyl (C=O) groups is 8. The molecule has 0 unspecified atom stereocenters. The number of likely N-dealkylation sites (N-methyl/N-ethyl adjacent to an activating group) is 4. The Kier molecular flexibility index (Phi) is 38.9. The summed E-state index contributed by atoms with van der Waals surface area (Å²) in [6, 6.07) is 22.8. The first-order valence-corrected chi connectivity index (χ1v) is 54.5. The lowest BCUT2D eigenvalue weighted by atomic mass is 9.83. The van der Waals surface area contributed by atoms with Gasteiger partial charge in [0.2, 0.25) is 47.3 Å². The molecule has 8 aliphatic rings. The largest absolute Gasteiger partial charge is 0.343 e. The molecule has 16 rings (SSSR count). The lowest BCUT2D eigenvalue weighted by Gasteiger charge is -2.35. The van der Waals surface area contributed by atoms with Crippen molar-refractivity contribution in [3.63, 3.8) is 0 Å². The van der Waals surface area contributed by atoms with E-state index in [4.69, 9.17) is 43.1 Å². The van der Waals surface area contributed by atoms with Crippen LogP contribution in [0.3, 0.4) is 0 Å². The molecule has 4 aliphatic heterocycles. The Bertz CT molecular complexity index is 5160. The first-order valence-electron chi connectivity index (χ1n) is 49.5. The van der Waals surface area contributed by atoms with Crippen molar-refractivity contribution in [2.75, 3.05) is 54.4 Å². The van der Waals surface area contributed by atoms with Crippen LogP contribution in [-0.2, 0) is 38.4 Å². The quantitative estimate of drug-likeness (QED) is 0.0226. The number of halogens is 3. The molecule has 12 atom stereocenters. The number of nitrogens with one attached hydrogen (secondary N) is 8. The van der Waals surface area contributed by atoms with Gasteiger partial charge in [-0.15, -0.1) is 45.3 Å². The number of amides is 8. The van der Waals surface area contributed by atoms with Gasteiger partial charge in [-0.2, -0.15) is 0 Å². The number of thiazole rings is 4. The number of carbonyl (C=O) groups excluding carboxylic acids is 8. The van der Waals surface area contributed by atoms with E-state index in [1.165, 1.54) is 47.9 Å². The molecule has 31 heteroatoms. The first-order chi connectivity index (χ1) is 65.1. The third kappa shape index (κ3) is 26.6. The number of benzene rings is 4. The lowest BCUT2D eigenvalue weighted by molar-refractivity contribution is -0.139. The predicted molar refractivity (Wildman–Crippen MR) is 550 cm³/mol. The Morgan fingerprint density at radius 2 is 0.674 bits per heavy atom. The summed E-state index contributed by atoms with van der Waals surface area (Å²) in [7, 11) is 7.07. The molecule has 8 fully saturated rings. The minimum absolute atomic E-state index is 0.0172. The summed E-state index contributed by atoms with van der Waals surface area (Å²) < 4.78 is 1.02. The molecule has 4 saturated carbocycles. The monoisotopic (exact) mass is 2020 g/mol. The average Bonchev–Trinajstić information content (AvgIpc) is 1.63. The van der Waals surface area contributed by atoms with Gasteiger partial charge < -0.3 is 62.1 Å². The molecule has 8 amide bonds. The zero-order chi connectivity index (χ0) is 96.1. The fraction of sp³-hybridized carbons (Fsp3) is 0.577. The molecule has 135 heavy (non-hydrogen) atoms. The first kappa shape index (κ1) is 104. The highest BCUT2D eigenvalue weighted by Crippen LogP contribution is 2.45. The molecule has 4 aliphatic carbocycles. The number of aromatic nitrogens is 4. The highest BCUT2D eigenvalue weighted by molar-refractivity contribution is 9.10. The Labute approximate surface area is 833 Å². The summed E-state index contributed by atoms with van der Waals surface area (Å²) in [5, 5.41) is 37.9. The average molecular weight is 2020 g/mol. The van der Waals surface area contributed by atoms with Gasteiger partial charge in [-0.1, -0.05) is 165 Å². The van der Waals surface area contributed by atoms with E-state index in [2.05, 4.69) is 114 Å². The topological polar surface area (TPSA) is 297 Å². The molecule has 0 radical (unpaired) electrons. The number of rotatable bonds is 28. The second kappa shape index (κ2) is 50.3. The summed E-state index contributed by atoms with van der Waals surface area (Å²) in [4.78, 5) is 134. The summed E-state index contributed by atoms with van der Waals surface area (Å²) >= 11 is 22.6. The van der Waals surface area contributed by atoms with Crippen LogP contribution in [0.2, 0.25) is 10.0 Å². The van der Waals surface area contributed by atoms with E-state index in [0.717, 1.165) is 237 Å². The highest BCUT2D eigenvalue weighted by atomic mass is 79.9. The second-order valence-corrected chi connectivity index (χ2v) is 43.6. The SMILES string of the molecule is CN[C@@H](C)C(=O)N[C@H](C(=O)N1CCC[C@H]1c1nc(-c2c(C)ccc(C)c2C)cs1)C1CCCCC1.CN[C@@H](C)C(=O)N[C@H](C(=O)N1CCC[C@H]1c1nc(-c2ccc(C)cc2Cl)cs1)C1CCCCC1.CN[C@@H](C)C(=O)N[C@H](C(=O)N1CCC[C@H]1c1nc(-c2cccc(Br)c2)cs1)C1CCCCC1.CN[C@@H](C)C(=O)N[C@H](C(=O)N1CCC[C@H]1c1nc(-c2cccc(Cl)c2)cs1)C1CCCCC1. The summed E-state index contributed by atoms with van der Waals surface area (Å²) in [6.07, 6.45) is 29.1. The maximum absolute atomic E-state index is 14.0. The van der Waals surface area contributed by atoms with Crippen LogP contribution in [-0.4, -0.2) is 189 Å². The Morgan fingerprint density at radius 3 is 1.01 bits per heavy atom. The molecule has 8 heterocycles. The standard InChI is InChI=1S/C28H40N4O2S.C26H35ClN4O2S.C25H33BrN4O2S.C25H33ClN4O2S/c1-17-13-14-18(2)24(19(17)3)22-16-35-27(30-22)23-12-9-15-32(23)28(34)25(21-10-7-6-8-11-21)31-26(33)20(4)29-5;1-16-11-12-19(20(27)14-16)21-15-34-25(29-21)22-10-7-13-31(22)26(33)23(18-8-5-4-6-9-18)30-24(32)17(2)28-3;2*1-16(27-2)23(31)29-22(17-8-4-3-5-9-17)25(32)30-13-7-12-21(30)24-28-20(15-33-24)18-10-6-11-19(26)14-18/h13-14,16,20-21,23,25,29H,6-12,15H2,1-5H3,(H,31,33);11-12,14-15,17-18,22-23,28H,4-10,13H2,1-3H3,(H,30,32);2*6,10-11,14-17,21-22,27H,3-5,7-9,12-13H2,1-2H3,(H,29,31)/t20-,23-,25-;17-,22-,23-;2*16-,21-,22-/m0000/s1. The van der Waals surface area contributed by atoms with Crippen LogP contribution in [0.5, 0.6) is 0 Å². The predicted octanol–water partition coefficient (Wildman–Crippen LogP) is 19.9. The molecule has 4 aromatic heterocycles. The van der Waals surface area contributed by atoms with Gasteiger partial charge in [-0.05, 0) is 263 Å². The fourth-order valence-corrected chi connectivity index (χ4v) is 25.4.